The Morgan fingerprint density at radius 1 is 0.926 bits per heavy atom. The molecule has 0 heterocycles. The zero-order valence-electron chi connectivity index (χ0n) is 14.0. The number of aliphatic carboxylic acids is 1. The molecule has 0 saturated carbocycles. The molecule has 0 spiro atoms. The normalized spacial score (nSPS) is 11.3. The molecule has 0 radical (unpaired) electrons. The van der Waals surface area contributed by atoms with Gasteiger partial charge in [-0.2, -0.15) is 0 Å². The highest BCUT2D eigenvalue weighted by Crippen LogP contribution is 2.24. The van der Waals surface area contributed by atoms with Crippen LogP contribution in [0.2, 0.25) is 10.0 Å². The molecule has 2 rings (SSSR count). The summed E-state index contributed by atoms with van der Waals surface area (Å²) < 4.78 is 0. The number of hydrogen-bond donors (Lipinski definition) is 4. The van der Waals surface area contributed by atoms with Gasteiger partial charge >= 0.3 is 12.0 Å². The number of amides is 3. The SMILES string of the molecule is O=C(NCc1ccccc1)NC[C@H](NC(=O)c1c(Cl)cccc1Cl)C(=O)O. The number of urea groups is 1. The van der Waals surface area contributed by atoms with Crippen molar-refractivity contribution < 1.29 is 19.5 Å². The lowest BCUT2D eigenvalue weighted by Gasteiger charge is -2.16. The Morgan fingerprint density at radius 2 is 1.56 bits per heavy atom. The second kappa shape index (κ2) is 9.80. The second-order valence-electron chi connectivity index (χ2n) is 5.51. The van der Waals surface area contributed by atoms with E-state index in [9.17, 15) is 19.5 Å². The topological polar surface area (TPSA) is 108 Å². The van der Waals surface area contributed by atoms with E-state index in [1.165, 1.54) is 12.1 Å². The Kier molecular flexibility index (Phi) is 7.45. The molecule has 9 heteroatoms. The van der Waals surface area contributed by atoms with E-state index >= 15 is 0 Å². The average molecular weight is 410 g/mol. The van der Waals surface area contributed by atoms with Crippen LogP contribution in [0.25, 0.3) is 0 Å². The number of rotatable bonds is 7. The van der Waals surface area contributed by atoms with Crippen molar-refractivity contribution in [2.45, 2.75) is 12.6 Å². The third-order valence-electron chi connectivity index (χ3n) is 3.56. The first-order valence-corrected chi connectivity index (χ1v) is 8.67. The highest BCUT2D eigenvalue weighted by atomic mass is 35.5. The van der Waals surface area contributed by atoms with Gasteiger partial charge in [0.2, 0.25) is 0 Å². The maximum Gasteiger partial charge on any atom is 0.328 e. The minimum Gasteiger partial charge on any atom is -0.480 e. The number of carboxylic acids is 1. The van der Waals surface area contributed by atoms with Crippen LogP contribution in [-0.4, -0.2) is 35.6 Å². The second-order valence-corrected chi connectivity index (χ2v) is 6.32. The number of nitrogens with one attached hydrogen (secondary N) is 3. The van der Waals surface area contributed by atoms with Crippen LogP contribution in [0.3, 0.4) is 0 Å². The molecule has 0 fully saturated rings. The van der Waals surface area contributed by atoms with Gasteiger partial charge in [0, 0.05) is 6.54 Å². The maximum absolute atomic E-state index is 12.3. The molecule has 27 heavy (non-hydrogen) atoms. The lowest BCUT2D eigenvalue weighted by Crippen LogP contribution is -2.50. The van der Waals surface area contributed by atoms with Crippen molar-refractivity contribution in [3.8, 4) is 0 Å². The predicted molar refractivity (Wildman–Crippen MR) is 102 cm³/mol. The largest absolute Gasteiger partial charge is 0.480 e. The summed E-state index contributed by atoms with van der Waals surface area (Å²) in [5, 5.41) is 16.8. The summed E-state index contributed by atoms with van der Waals surface area (Å²) in [6.45, 7) is -0.0320. The predicted octanol–water partition coefficient (Wildman–Crippen LogP) is 2.68. The van der Waals surface area contributed by atoms with Gasteiger partial charge in [0.25, 0.3) is 5.91 Å². The first-order chi connectivity index (χ1) is 12.9. The van der Waals surface area contributed by atoms with Crippen LogP contribution in [0.15, 0.2) is 48.5 Å². The third-order valence-corrected chi connectivity index (χ3v) is 4.19. The van der Waals surface area contributed by atoms with E-state index in [2.05, 4.69) is 16.0 Å². The lowest BCUT2D eigenvalue weighted by molar-refractivity contribution is -0.139. The van der Waals surface area contributed by atoms with Gasteiger partial charge < -0.3 is 21.1 Å². The third kappa shape index (κ3) is 6.16. The molecule has 0 unspecified atom stereocenters. The van der Waals surface area contributed by atoms with E-state index in [0.29, 0.717) is 0 Å². The van der Waals surface area contributed by atoms with Crippen LogP contribution in [-0.2, 0) is 11.3 Å². The molecule has 0 aliphatic carbocycles. The molecule has 0 aliphatic rings. The summed E-state index contributed by atoms with van der Waals surface area (Å²) in [6.07, 6.45) is 0. The lowest BCUT2D eigenvalue weighted by atomic mass is 10.2. The van der Waals surface area contributed by atoms with Gasteiger partial charge in [-0.1, -0.05) is 59.6 Å². The first kappa shape index (κ1) is 20.5. The average Bonchev–Trinajstić information content (AvgIpc) is 2.63. The van der Waals surface area contributed by atoms with E-state index in [-0.39, 0.29) is 28.7 Å². The Bertz CT molecular complexity index is 810. The summed E-state index contributed by atoms with van der Waals surface area (Å²) >= 11 is 11.9. The van der Waals surface area contributed by atoms with Crippen molar-refractivity contribution in [2.75, 3.05) is 6.54 Å². The van der Waals surface area contributed by atoms with Crippen molar-refractivity contribution in [3.05, 3.63) is 69.7 Å². The van der Waals surface area contributed by atoms with Crippen LogP contribution in [0.5, 0.6) is 0 Å². The van der Waals surface area contributed by atoms with E-state index in [1.54, 1.807) is 6.07 Å². The van der Waals surface area contributed by atoms with Gasteiger partial charge in [-0.05, 0) is 17.7 Å². The van der Waals surface area contributed by atoms with Crippen LogP contribution < -0.4 is 16.0 Å². The standard InChI is InChI=1S/C18H17Cl2N3O4/c19-12-7-4-8-13(20)15(12)16(24)23-14(17(25)26)10-22-18(27)21-9-11-5-2-1-3-6-11/h1-8,14H,9-10H2,(H,23,24)(H,25,26)(H2,21,22,27)/t14-/m0/s1. The van der Waals surface area contributed by atoms with E-state index in [1.807, 2.05) is 30.3 Å². The zero-order valence-corrected chi connectivity index (χ0v) is 15.6. The quantitative estimate of drug-likeness (QED) is 0.563. The minimum absolute atomic E-state index is 0.0272. The molecule has 142 valence electrons. The van der Waals surface area contributed by atoms with Gasteiger partial charge in [0.15, 0.2) is 0 Å². The van der Waals surface area contributed by atoms with Crippen LogP contribution in [0, 0.1) is 0 Å². The molecule has 4 N–H and O–H groups in total. The van der Waals surface area contributed by atoms with E-state index in [0.717, 1.165) is 5.56 Å². The van der Waals surface area contributed by atoms with Crippen LogP contribution in [0.4, 0.5) is 4.79 Å². The highest BCUT2D eigenvalue weighted by Gasteiger charge is 2.23. The zero-order chi connectivity index (χ0) is 19.8. The Hall–Kier alpha value is -2.77. The van der Waals surface area contributed by atoms with Crippen molar-refractivity contribution in [1.29, 1.82) is 0 Å². The van der Waals surface area contributed by atoms with Crippen molar-refractivity contribution in [3.63, 3.8) is 0 Å². The maximum atomic E-state index is 12.3. The van der Waals surface area contributed by atoms with Gasteiger partial charge in [-0.15, -0.1) is 0 Å². The van der Waals surface area contributed by atoms with Gasteiger partial charge in [0.1, 0.15) is 6.04 Å². The molecule has 0 aliphatic heterocycles. The molecule has 0 saturated heterocycles. The molecule has 0 aromatic heterocycles. The summed E-state index contributed by atoms with van der Waals surface area (Å²) in [7, 11) is 0. The van der Waals surface area contributed by atoms with E-state index < -0.39 is 23.9 Å². The monoisotopic (exact) mass is 409 g/mol. The molecule has 0 bridgehead atoms. The number of carboxylic acid groups (broad SMARTS) is 1. The number of carbonyl (C=O) groups is 3. The Labute approximate surface area is 165 Å². The van der Waals surface area contributed by atoms with Gasteiger partial charge in [-0.3, -0.25) is 4.79 Å². The molecular weight excluding hydrogens is 393 g/mol. The van der Waals surface area contributed by atoms with Gasteiger partial charge in [-0.25, -0.2) is 9.59 Å². The molecule has 3 amide bonds. The van der Waals surface area contributed by atoms with Crippen LogP contribution >= 0.6 is 23.2 Å². The van der Waals surface area contributed by atoms with Crippen LogP contribution in [0.1, 0.15) is 15.9 Å². The number of carbonyl (C=O) groups excluding carboxylic acids is 2. The molecular formula is C18H17Cl2N3O4. The molecule has 1 atom stereocenters. The van der Waals surface area contributed by atoms with Crippen molar-refractivity contribution in [2.24, 2.45) is 0 Å². The number of hydrogen-bond acceptors (Lipinski definition) is 3. The van der Waals surface area contributed by atoms with Gasteiger partial charge in [0.05, 0.1) is 22.2 Å². The molecule has 2 aromatic rings. The first-order valence-electron chi connectivity index (χ1n) is 7.91. The summed E-state index contributed by atoms with van der Waals surface area (Å²) in [4.78, 5) is 35.5. The fourth-order valence-electron chi connectivity index (χ4n) is 2.18. The summed E-state index contributed by atoms with van der Waals surface area (Å²) in [5.41, 5.74) is 0.865. The number of benzene rings is 2. The summed E-state index contributed by atoms with van der Waals surface area (Å²) in [5.74, 6) is -2.06. The molecule has 2 aromatic carbocycles. The van der Waals surface area contributed by atoms with Crippen molar-refractivity contribution >= 4 is 41.1 Å². The van der Waals surface area contributed by atoms with Crippen molar-refractivity contribution in [1.82, 2.24) is 16.0 Å². The fourth-order valence-corrected chi connectivity index (χ4v) is 2.75. The number of halogens is 2. The fraction of sp³-hybridized carbons (Fsp3) is 0.167. The summed E-state index contributed by atoms with van der Waals surface area (Å²) in [6, 6.07) is 11.8. The highest BCUT2D eigenvalue weighted by molar-refractivity contribution is 6.39. The smallest absolute Gasteiger partial charge is 0.328 e. The van der Waals surface area contributed by atoms with E-state index in [4.69, 9.17) is 23.2 Å². The Morgan fingerprint density at radius 3 is 2.15 bits per heavy atom. The minimum atomic E-state index is -1.35. The molecule has 7 nitrogen and oxygen atoms in total. The Balaban J connectivity index is 1.90.